The van der Waals surface area contributed by atoms with Crippen molar-refractivity contribution in [1.29, 1.82) is 0 Å². The number of nitrogens with one attached hydrogen (secondary N) is 1. The molecule has 0 atom stereocenters. The summed E-state index contributed by atoms with van der Waals surface area (Å²) in [6, 6.07) is 12.8. The fourth-order valence-corrected chi connectivity index (χ4v) is 2.69. The van der Waals surface area contributed by atoms with Gasteiger partial charge in [0.1, 0.15) is 5.82 Å². The van der Waals surface area contributed by atoms with E-state index in [1.807, 2.05) is 29.9 Å². The second kappa shape index (κ2) is 7.25. The standard InChI is InChI=1S/C19H20FN3O/c1-14-6-7-16-13-22-23(18(16)12-14)11-9-19(24)21-10-8-15-4-2-3-5-17(15)20/h2-7,12-13H,8-11H2,1H3,(H,21,24). The van der Waals surface area contributed by atoms with Gasteiger partial charge in [-0.1, -0.05) is 30.3 Å². The van der Waals surface area contributed by atoms with E-state index in [1.165, 1.54) is 11.6 Å². The van der Waals surface area contributed by atoms with E-state index in [4.69, 9.17) is 0 Å². The van der Waals surface area contributed by atoms with Crippen LogP contribution in [0, 0.1) is 12.7 Å². The molecular weight excluding hydrogens is 305 g/mol. The normalized spacial score (nSPS) is 10.9. The number of carbonyl (C=O) groups is 1. The van der Waals surface area contributed by atoms with Crippen LogP contribution < -0.4 is 5.32 Å². The van der Waals surface area contributed by atoms with Gasteiger partial charge in [-0.05, 0) is 36.6 Å². The molecular formula is C19H20FN3O. The lowest BCUT2D eigenvalue weighted by molar-refractivity contribution is -0.121. The smallest absolute Gasteiger partial charge is 0.221 e. The van der Waals surface area contributed by atoms with Crippen molar-refractivity contribution in [1.82, 2.24) is 15.1 Å². The molecule has 5 heteroatoms. The molecule has 1 N–H and O–H groups in total. The Balaban J connectivity index is 1.50. The monoisotopic (exact) mass is 325 g/mol. The van der Waals surface area contributed by atoms with Crippen molar-refractivity contribution in [3.8, 4) is 0 Å². The summed E-state index contributed by atoms with van der Waals surface area (Å²) in [6.07, 6.45) is 2.65. The number of nitrogens with zero attached hydrogens (tertiary/aromatic N) is 2. The molecule has 1 heterocycles. The third-order valence-electron chi connectivity index (χ3n) is 4.03. The topological polar surface area (TPSA) is 46.9 Å². The minimum absolute atomic E-state index is 0.0531. The molecule has 0 unspecified atom stereocenters. The highest BCUT2D eigenvalue weighted by Crippen LogP contribution is 2.15. The van der Waals surface area contributed by atoms with Crippen LogP contribution in [0.15, 0.2) is 48.7 Å². The number of halogens is 1. The number of rotatable bonds is 6. The maximum Gasteiger partial charge on any atom is 0.221 e. The first-order valence-electron chi connectivity index (χ1n) is 8.06. The summed E-state index contributed by atoms with van der Waals surface area (Å²) in [5.41, 5.74) is 2.82. The molecule has 0 fully saturated rings. The Hall–Kier alpha value is -2.69. The van der Waals surface area contributed by atoms with Crippen LogP contribution in [-0.2, 0) is 17.8 Å². The summed E-state index contributed by atoms with van der Waals surface area (Å²) in [4.78, 5) is 12.0. The van der Waals surface area contributed by atoms with Crippen molar-refractivity contribution in [3.05, 3.63) is 65.6 Å². The quantitative estimate of drug-likeness (QED) is 0.756. The molecule has 1 aromatic heterocycles. The number of carbonyl (C=O) groups excluding carboxylic acids is 1. The Morgan fingerprint density at radius 1 is 1.25 bits per heavy atom. The molecule has 0 spiro atoms. The number of aromatic nitrogens is 2. The number of hydrogen-bond acceptors (Lipinski definition) is 2. The first-order valence-corrected chi connectivity index (χ1v) is 8.06. The van der Waals surface area contributed by atoms with Crippen molar-refractivity contribution in [2.75, 3.05) is 6.54 Å². The number of amides is 1. The van der Waals surface area contributed by atoms with E-state index < -0.39 is 0 Å². The molecule has 0 saturated heterocycles. The van der Waals surface area contributed by atoms with E-state index in [-0.39, 0.29) is 11.7 Å². The average molecular weight is 325 g/mol. The van der Waals surface area contributed by atoms with Crippen LogP contribution in [0.2, 0.25) is 0 Å². The minimum Gasteiger partial charge on any atom is -0.356 e. The second-order valence-electron chi connectivity index (χ2n) is 5.87. The molecule has 4 nitrogen and oxygen atoms in total. The largest absolute Gasteiger partial charge is 0.356 e. The molecule has 3 rings (SSSR count). The molecule has 124 valence electrons. The summed E-state index contributed by atoms with van der Waals surface area (Å²) in [6.45, 7) is 2.99. The fraction of sp³-hybridized carbons (Fsp3) is 0.263. The van der Waals surface area contributed by atoms with Gasteiger partial charge in [0, 0.05) is 18.4 Å². The summed E-state index contributed by atoms with van der Waals surface area (Å²) in [5.74, 6) is -0.284. The first-order chi connectivity index (χ1) is 11.6. The van der Waals surface area contributed by atoms with Gasteiger partial charge in [0.2, 0.25) is 5.91 Å². The van der Waals surface area contributed by atoms with Crippen molar-refractivity contribution < 1.29 is 9.18 Å². The summed E-state index contributed by atoms with van der Waals surface area (Å²) < 4.78 is 15.4. The zero-order valence-corrected chi connectivity index (χ0v) is 13.6. The third-order valence-corrected chi connectivity index (χ3v) is 4.03. The van der Waals surface area contributed by atoms with E-state index >= 15 is 0 Å². The molecule has 2 aromatic carbocycles. The van der Waals surface area contributed by atoms with Gasteiger partial charge >= 0.3 is 0 Å². The molecule has 0 aliphatic carbocycles. The second-order valence-corrected chi connectivity index (χ2v) is 5.87. The van der Waals surface area contributed by atoms with Crippen LogP contribution in [0.5, 0.6) is 0 Å². The van der Waals surface area contributed by atoms with Gasteiger partial charge in [-0.3, -0.25) is 9.48 Å². The van der Waals surface area contributed by atoms with Gasteiger partial charge in [-0.25, -0.2) is 4.39 Å². The van der Waals surface area contributed by atoms with E-state index in [9.17, 15) is 9.18 Å². The Morgan fingerprint density at radius 3 is 2.92 bits per heavy atom. The lowest BCUT2D eigenvalue weighted by Crippen LogP contribution is -2.26. The molecule has 0 aliphatic rings. The summed E-state index contributed by atoms with van der Waals surface area (Å²) >= 11 is 0. The first kappa shape index (κ1) is 16.2. The molecule has 0 radical (unpaired) electrons. The molecule has 0 saturated carbocycles. The average Bonchev–Trinajstić information content (AvgIpc) is 2.97. The van der Waals surface area contributed by atoms with Crippen LogP contribution in [0.4, 0.5) is 4.39 Å². The van der Waals surface area contributed by atoms with Gasteiger partial charge in [-0.15, -0.1) is 0 Å². The predicted molar refractivity (Wildman–Crippen MR) is 92.2 cm³/mol. The highest BCUT2D eigenvalue weighted by Gasteiger charge is 2.07. The number of hydrogen-bond donors (Lipinski definition) is 1. The van der Waals surface area contributed by atoms with Crippen molar-refractivity contribution in [3.63, 3.8) is 0 Å². The van der Waals surface area contributed by atoms with Crippen molar-refractivity contribution in [2.24, 2.45) is 0 Å². The third kappa shape index (κ3) is 3.79. The van der Waals surface area contributed by atoms with Gasteiger partial charge < -0.3 is 5.32 Å². The van der Waals surface area contributed by atoms with Gasteiger partial charge in [0.05, 0.1) is 18.3 Å². The zero-order chi connectivity index (χ0) is 16.9. The number of fused-ring (bicyclic) bond motifs is 1. The van der Waals surface area contributed by atoms with Crippen LogP contribution in [0.1, 0.15) is 17.5 Å². The van der Waals surface area contributed by atoms with Gasteiger partial charge in [0.25, 0.3) is 0 Å². The Labute approximate surface area is 140 Å². The van der Waals surface area contributed by atoms with E-state index in [1.54, 1.807) is 18.2 Å². The number of benzene rings is 2. The highest BCUT2D eigenvalue weighted by molar-refractivity contribution is 5.80. The Morgan fingerprint density at radius 2 is 2.08 bits per heavy atom. The number of aryl methyl sites for hydroxylation is 2. The Kier molecular flexibility index (Phi) is 4.89. The molecule has 3 aromatic rings. The minimum atomic E-state index is -0.231. The highest BCUT2D eigenvalue weighted by atomic mass is 19.1. The molecule has 24 heavy (non-hydrogen) atoms. The SMILES string of the molecule is Cc1ccc2cnn(CCC(=O)NCCc3ccccc3F)c2c1. The fourth-order valence-electron chi connectivity index (χ4n) is 2.69. The van der Waals surface area contributed by atoms with Gasteiger partial charge in [-0.2, -0.15) is 5.10 Å². The Bertz CT molecular complexity index is 857. The van der Waals surface area contributed by atoms with Crippen LogP contribution >= 0.6 is 0 Å². The van der Waals surface area contributed by atoms with E-state index in [0.29, 0.717) is 31.5 Å². The maximum absolute atomic E-state index is 13.5. The zero-order valence-electron chi connectivity index (χ0n) is 13.6. The lowest BCUT2D eigenvalue weighted by Gasteiger charge is -2.07. The summed E-state index contributed by atoms with van der Waals surface area (Å²) in [7, 11) is 0. The molecule has 0 bridgehead atoms. The van der Waals surface area contributed by atoms with Crippen LogP contribution in [0.25, 0.3) is 10.9 Å². The molecule has 1 amide bonds. The van der Waals surface area contributed by atoms with E-state index in [0.717, 1.165) is 10.9 Å². The maximum atomic E-state index is 13.5. The predicted octanol–water partition coefficient (Wildman–Crippen LogP) is 3.23. The molecule has 0 aliphatic heterocycles. The van der Waals surface area contributed by atoms with Gasteiger partial charge in [0.15, 0.2) is 0 Å². The van der Waals surface area contributed by atoms with Crippen LogP contribution in [0.3, 0.4) is 0 Å². The lowest BCUT2D eigenvalue weighted by atomic mass is 10.1. The van der Waals surface area contributed by atoms with E-state index in [2.05, 4.69) is 16.5 Å². The summed E-state index contributed by atoms with van der Waals surface area (Å²) in [5, 5.41) is 8.24. The van der Waals surface area contributed by atoms with Crippen LogP contribution in [-0.4, -0.2) is 22.2 Å². The van der Waals surface area contributed by atoms with Crippen molar-refractivity contribution in [2.45, 2.75) is 26.3 Å². The van der Waals surface area contributed by atoms with Crippen molar-refractivity contribution >= 4 is 16.8 Å².